The third-order valence-corrected chi connectivity index (χ3v) is 6.87. The highest BCUT2D eigenvalue weighted by Gasteiger charge is 2.19. The minimum atomic E-state index is -1.13. The predicted octanol–water partition coefficient (Wildman–Crippen LogP) is 2.57. The molecule has 1 aliphatic carbocycles. The highest BCUT2D eigenvalue weighted by atomic mass is 16.5. The zero-order valence-corrected chi connectivity index (χ0v) is 23.2. The zero-order valence-electron chi connectivity index (χ0n) is 23.2. The number of nitrogens with zero attached hydrogens (tertiary/aromatic N) is 4. The van der Waals surface area contributed by atoms with Crippen molar-refractivity contribution in [3.63, 3.8) is 0 Å². The first-order valence-electron chi connectivity index (χ1n) is 13.8. The summed E-state index contributed by atoms with van der Waals surface area (Å²) >= 11 is 0. The molecule has 0 saturated heterocycles. The third-order valence-electron chi connectivity index (χ3n) is 6.87. The second-order valence-corrected chi connectivity index (χ2v) is 9.86. The van der Waals surface area contributed by atoms with E-state index in [9.17, 15) is 14.4 Å². The topological polar surface area (TPSA) is 174 Å². The van der Waals surface area contributed by atoms with Crippen molar-refractivity contribution in [2.24, 2.45) is 5.73 Å². The average molecular weight is 568 g/mol. The molecule has 3 aromatic heterocycles. The van der Waals surface area contributed by atoms with Crippen LogP contribution in [0, 0.1) is 0 Å². The molecule has 0 atom stereocenters. The summed E-state index contributed by atoms with van der Waals surface area (Å²) in [7, 11) is 1.36. The summed E-state index contributed by atoms with van der Waals surface area (Å²) in [4.78, 5) is 43.5. The van der Waals surface area contributed by atoms with Gasteiger partial charge in [-0.05, 0) is 50.1 Å². The van der Waals surface area contributed by atoms with Crippen molar-refractivity contribution >= 4 is 34.7 Å². The van der Waals surface area contributed by atoms with Crippen LogP contribution in [-0.2, 0) is 11.3 Å². The summed E-state index contributed by atoms with van der Waals surface area (Å²) < 4.78 is 12.5. The largest absolute Gasteiger partial charge is 0.480 e. The van der Waals surface area contributed by atoms with Crippen LogP contribution < -0.4 is 36.3 Å². The fourth-order valence-corrected chi connectivity index (χ4v) is 4.63. The molecule has 0 unspecified atom stereocenters. The first kappa shape index (κ1) is 29.7. The fraction of sp³-hybridized carbons (Fsp3) is 0.464. The van der Waals surface area contributed by atoms with Gasteiger partial charge >= 0.3 is 6.09 Å². The number of hydrogen-bond acceptors (Lipinski definition) is 9. The molecule has 0 aromatic carbocycles. The number of carboxylic acid groups (broad SMARTS) is 1. The molecule has 13 heteroatoms. The molecule has 0 spiro atoms. The van der Waals surface area contributed by atoms with Gasteiger partial charge in [-0.25, -0.2) is 9.78 Å². The Bertz CT molecular complexity index is 1410. The van der Waals surface area contributed by atoms with Gasteiger partial charge in [0.15, 0.2) is 18.2 Å². The van der Waals surface area contributed by atoms with E-state index in [2.05, 4.69) is 20.6 Å². The Hall–Kier alpha value is -4.23. The molecule has 3 aromatic rings. The lowest BCUT2D eigenvalue weighted by Gasteiger charge is -2.23. The number of rotatable bonds is 9. The number of pyridine rings is 3. The molecule has 2 aliphatic rings. The van der Waals surface area contributed by atoms with Crippen molar-refractivity contribution in [3.8, 4) is 11.6 Å². The van der Waals surface area contributed by atoms with Crippen LogP contribution in [-0.4, -0.2) is 71.0 Å². The van der Waals surface area contributed by atoms with Gasteiger partial charge in [0.05, 0.1) is 6.61 Å². The van der Waals surface area contributed by atoms with E-state index in [0.29, 0.717) is 43.0 Å². The van der Waals surface area contributed by atoms with Crippen LogP contribution in [0.15, 0.2) is 41.2 Å². The van der Waals surface area contributed by atoms with Gasteiger partial charge in [-0.3, -0.25) is 19.1 Å². The summed E-state index contributed by atoms with van der Waals surface area (Å²) in [6.07, 6.45) is 6.08. The SMILES string of the molecule is CN(C(=O)O)c1ccc2c(n1)NC(=O)CO2.NCCCOc1ccc2ccc(=O)n(CCNC3CCCCC3)c2n1. The van der Waals surface area contributed by atoms with Gasteiger partial charge < -0.3 is 30.9 Å². The number of amides is 2. The maximum atomic E-state index is 12.3. The van der Waals surface area contributed by atoms with Crippen molar-refractivity contribution in [2.45, 2.75) is 51.1 Å². The molecule has 41 heavy (non-hydrogen) atoms. The number of carbonyl (C=O) groups is 2. The number of hydrogen-bond donors (Lipinski definition) is 4. The Kier molecular flexibility index (Phi) is 10.5. The van der Waals surface area contributed by atoms with Crippen molar-refractivity contribution in [1.29, 1.82) is 0 Å². The second kappa shape index (κ2) is 14.4. The molecule has 1 saturated carbocycles. The van der Waals surface area contributed by atoms with E-state index in [1.807, 2.05) is 18.2 Å². The summed E-state index contributed by atoms with van der Waals surface area (Å²) in [6.45, 7) is 2.47. The van der Waals surface area contributed by atoms with Crippen molar-refractivity contribution in [1.82, 2.24) is 19.9 Å². The van der Waals surface area contributed by atoms with E-state index in [4.69, 9.17) is 20.3 Å². The minimum absolute atomic E-state index is 0.0236. The Labute approximate surface area is 237 Å². The lowest BCUT2D eigenvalue weighted by Crippen LogP contribution is -2.35. The maximum Gasteiger partial charge on any atom is 0.412 e. The summed E-state index contributed by atoms with van der Waals surface area (Å²) in [5, 5.41) is 15.8. The molecule has 220 valence electrons. The number of carbonyl (C=O) groups excluding carboxylic acids is 1. The Balaban J connectivity index is 0.000000208. The number of aromatic nitrogens is 3. The Morgan fingerprint density at radius 1 is 1.17 bits per heavy atom. The zero-order chi connectivity index (χ0) is 29.2. The fourth-order valence-electron chi connectivity index (χ4n) is 4.63. The van der Waals surface area contributed by atoms with Crippen LogP contribution in [0.5, 0.6) is 11.6 Å². The smallest absolute Gasteiger partial charge is 0.412 e. The summed E-state index contributed by atoms with van der Waals surface area (Å²) in [5.74, 6) is 1.12. The highest BCUT2D eigenvalue weighted by molar-refractivity contribution is 5.95. The molecule has 2 amide bonds. The third kappa shape index (κ3) is 8.14. The van der Waals surface area contributed by atoms with Crippen molar-refractivity contribution < 1.29 is 24.2 Å². The van der Waals surface area contributed by atoms with Crippen LogP contribution in [0.1, 0.15) is 38.5 Å². The number of anilines is 2. The Morgan fingerprint density at radius 3 is 2.71 bits per heavy atom. The van der Waals surface area contributed by atoms with Gasteiger partial charge in [0.1, 0.15) is 11.5 Å². The molecular weight excluding hydrogens is 530 g/mol. The van der Waals surface area contributed by atoms with E-state index in [0.717, 1.165) is 23.3 Å². The molecular formula is C28H37N7O6. The van der Waals surface area contributed by atoms with Crippen molar-refractivity contribution in [2.75, 3.05) is 43.6 Å². The number of nitrogens with two attached hydrogens (primary N) is 1. The van der Waals surface area contributed by atoms with Gasteiger partial charge in [0.2, 0.25) is 5.88 Å². The first-order valence-corrected chi connectivity index (χ1v) is 13.8. The Morgan fingerprint density at radius 2 is 1.95 bits per heavy atom. The van der Waals surface area contributed by atoms with Gasteiger partial charge in [-0.2, -0.15) is 4.98 Å². The first-order chi connectivity index (χ1) is 19.9. The molecule has 5 N–H and O–H groups in total. The maximum absolute atomic E-state index is 12.3. The molecule has 1 aliphatic heterocycles. The monoisotopic (exact) mass is 567 g/mol. The van der Waals surface area contributed by atoms with E-state index in [1.54, 1.807) is 16.7 Å². The number of ether oxygens (including phenoxy) is 2. The van der Waals surface area contributed by atoms with Crippen LogP contribution in [0.4, 0.5) is 16.4 Å². The van der Waals surface area contributed by atoms with E-state index < -0.39 is 6.09 Å². The quantitative estimate of drug-likeness (QED) is 0.281. The van der Waals surface area contributed by atoms with E-state index in [1.165, 1.54) is 45.2 Å². The molecule has 0 radical (unpaired) electrons. The lowest BCUT2D eigenvalue weighted by molar-refractivity contribution is -0.118. The van der Waals surface area contributed by atoms with Crippen LogP contribution in [0.25, 0.3) is 11.0 Å². The molecule has 1 fully saturated rings. The van der Waals surface area contributed by atoms with Gasteiger partial charge in [0.25, 0.3) is 11.5 Å². The minimum Gasteiger partial charge on any atom is -0.480 e. The molecule has 5 rings (SSSR count). The van der Waals surface area contributed by atoms with Crippen LogP contribution >= 0.6 is 0 Å². The van der Waals surface area contributed by atoms with Crippen LogP contribution in [0.2, 0.25) is 0 Å². The summed E-state index contributed by atoms with van der Waals surface area (Å²) in [6, 6.07) is 10.9. The molecule has 0 bridgehead atoms. The second-order valence-electron chi connectivity index (χ2n) is 9.86. The van der Waals surface area contributed by atoms with Gasteiger partial charge in [-0.15, -0.1) is 0 Å². The number of nitrogens with one attached hydrogen (secondary N) is 2. The van der Waals surface area contributed by atoms with E-state index in [-0.39, 0.29) is 29.7 Å². The summed E-state index contributed by atoms with van der Waals surface area (Å²) in [5.41, 5.74) is 6.15. The highest BCUT2D eigenvalue weighted by Crippen LogP contribution is 2.28. The predicted molar refractivity (Wildman–Crippen MR) is 155 cm³/mol. The molecule has 13 nitrogen and oxygen atoms in total. The molecule has 4 heterocycles. The number of fused-ring (bicyclic) bond motifs is 2. The van der Waals surface area contributed by atoms with Crippen molar-refractivity contribution in [3.05, 3.63) is 46.8 Å². The van der Waals surface area contributed by atoms with E-state index >= 15 is 0 Å². The average Bonchev–Trinajstić information content (AvgIpc) is 2.98. The van der Waals surface area contributed by atoms with Gasteiger partial charge in [0, 0.05) is 43.7 Å². The normalized spacial score (nSPS) is 14.7. The standard InChI is InChI=1S/C19H28N4O2.C9H9N3O4/c20-11-4-14-25-17-9-7-15-8-10-18(24)23(19(15)22-17)13-12-21-16-5-2-1-3-6-16;1-12(9(14)15)6-3-2-5-8(10-6)11-7(13)4-16-5/h7-10,16,21H,1-6,11-14,20H2;2-3H,4H2,1H3,(H,14,15)(H,10,11,13). The lowest BCUT2D eigenvalue weighted by atomic mass is 9.95. The van der Waals surface area contributed by atoms with Gasteiger partial charge in [-0.1, -0.05) is 19.3 Å². The van der Waals surface area contributed by atoms with Crippen LogP contribution in [0.3, 0.4) is 0 Å².